The Hall–Kier alpha value is -3.69. The first-order valence-corrected chi connectivity index (χ1v) is 11.9. The predicted molar refractivity (Wildman–Crippen MR) is 129 cm³/mol. The van der Waals surface area contributed by atoms with Gasteiger partial charge in [0.2, 0.25) is 5.78 Å². The first-order chi connectivity index (χ1) is 17.5. The van der Waals surface area contributed by atoms with E-state index in [1.807, 2.05) is 0 Å². The second-order valence-electron chi connectivity index (χ2n) is 8.81. The molecule has 0 bridgehead atoms. The van der Waals surface area contributed by atoms with Gasteiger partial charge in [-0.05, 0) is 24.6 Å². The molecule has 0 aliphatic carbocycles. The number of aliphatic hydroxyl groups is 1. The molecule has 0 unspecified atom stereocenters. The van der Waals surface area contributed by atoms with Crippen LogP contribution in [0.3, 0.4) is 0 Å². The van der Waals surface area contributed by atoms with Crippen LogP contribution in [0.1, 0.15) is 28.6 Å². The van der Waals surface area contributed by atoms with Crippen molar-refractivity contribution in [2.75, 3.05) is 46.5 Å². The number of ketones is 1. The number of fused-ring (bicyclic) bond motifs is 1. The van der Waals surface area contributed by atoms with Crippen molar-refractivity contribution in [3.63, 3.8) is 0 Å². The minimum atomic E-state index is -1.08. The minimum Gasteiger partial charge on any atom is -0.503 e. The molecular formula is C27H27FN2O6. The average Bonchev–Trinajstić information content (AvgIpc) is 3.44. The van der Waals surface area contributed by atoms with Crippen LogP contribution in [-0.2, 0) is 9.53 Å². The van der Waals surface area contributed by atoms with E-state index >= 15 is 0 Å². The van der Waals surface area contributed by atoms with E-state index in [4.69, 9.17) is 13.9 Å². The van der Waals surface area contributed by atoms with Crippen LogP contribution in [0.25, 0.3) is 11.0 Å². The van der Waals surface area contributed by atoms with Gasteiger partial charge in [-0.25, -0.2) is 4.39 Å². The van der Waals surface area contributed by atoms with E-state index in [-0.39, 0.29) is 23.4 Å². The van der Waals surface area contributed by atoms with Gasteiger partial charge in [-0.1, -0.05) is 30.3 Å². The fraction of sp³-hybridized carbons (Fsp3) is 0.333. The smallest absolute Gasteiger partial charge is 0.290 e. The maximum absolute atomic E-state index is 15.0. The summed E-state index contributed by atoms with van der Waals surface area (Å²) in [6.45, 7) is 3.86. The van der Waals surface area contributed by atoms with E-state index in [0.29, 0.717) is 42.9 Å². The number of carbonyl (C=O) groups excluding carboxylic acids is 2. The number of amides is 1. The molecule has 1 aromatic heterocycles. The second kappa shape index (κ2) is 10.1. The van der Waals surface area contributed by atoms with E-state index in [2.05, 4.69) is 4.90 Å². The van der Waals surface area contributed by atoms with Gasteiger partial charge in [0, 0.05) is 37.1 Å². The maximum atomic E-state index is 15.0. The molecule has 1 N–H and O–H groups in total. The number of furan rings is 1. The first-order valence-electron chi connectivity index (χ1n) is 11.9. The molecule has 188 valence electrons. The number of hydrogen-bond acceptors (Lipinski definition) is 7. The number of methoxy groups -OCH3 is 1. The van der Waals surface area contributed by atoms with Gasteiger partial charge in [0.15, 0.2) is 22.9 Å². The third-order valence-corrected chi connectivity index (χ3v) is 6.68. The van der Waals surface area contributed by atoms with Gasteiger partial charge in [-0.3, -0.25) is 14.5 Å². The molecule has 8 nitrogen and oxygen atoms in total. The van der Waals surface area contributed by atoms with Gasteiger partial charge in [0.25, 0.3) is 5.91 Å². The van der Waals surface area contributed by atoms with E-state index < -0.39 is 29.3 Å². The van der Waals surface area contributed by atoms with Crippen LogP contribution < -0.4 is 4.74 Å². The average molecular weight is 495 g/mol. The van der Waals surface area contributed by atoms with Gasteiger partial charge >= 0.3 is 0 Å². The third-order valence-electron chi connectivity index (χ3n) is 6.68. The molecule has 2 aromatic carbocycles. The number of aliphatic hydroxyl groups excluding tert-OH is 1. The molecule has 1 saturated heterocycles. The highest BCUT2D eigenvalue weighted by molar-refractivity contribution is 6.16. The van der Waals surface area contributed by atoms with Gasteiger partial charge in [0.1, 0.15) is 5.82 Å². The normalized spacial score (nSPS) is 18.9. The molecule has 0 saturated carbocycles. The number of rotatable bonds is 8. The molecule has 3 heterocycles. The fourth-order valence-corrected chi connectivity index (χ4v) is 4.87. The molecule has 1 fully saturated rings. The maximum Gasteiger partial charge on any atom is 0.290 e. The number of para-hydroxylation sites is 1. The van der Waals surface area contributed by atoms with Crippen molar-refractivity contribution in [1.82, 2.24) is 9.80 Å². The van der Waals surface area contributed by atoms with Crippen molar-refractivity contribution < 1.29 is 33.0 Å². The summed E-state index contributed by atoms with van der Waals surface area (Å²) >= 11 is 0. The first kappa shape index (κ1) is 24.0. The Kier molecular flexibility index (Phi) is 6.75. The minimum absolute atomic E-state index is 0.0691. The lowest BCUT2D eigenvalue weighted by atomic mass is 9.94. The van der Waals surface area contributed by atoms with Crippen LogP contribution >= 0.6 is 0 Å². The van der Waals surface area contributed by atoms with Crippen molar-refractivity contribution >= 4 is 22.7 Å². The zero-order chi connectivity index (χ0) is 25.2. The molecule has 0 radical (unpaired) electrons. The van der Waals surface area contributed by atoms with Gasteiger partial charge < -0.3 is 23.9 Å². The van der Waals surface area contributed by atoms with Gasteiger partial charge in [-0.15, -0.1) is 0 Å². The van der Waals surface area contributed by atoms with Gasteiger partial charge in [-0.2, -0.15) is 0 Å². The van der Waals surface area contributed by atoms with E-state index in [1.54, 1.807) is 24.3 Å². The molecule has 36 heavy (non-hydrogen) atoms. The Morgan fingerprint density at radius 1 is 1.14 bits per heavy atom. The molecule has 2 aliphatic rings. The molecule has 5 rings (SSSR count). The van der Waals surface area contributed by atoms with E-state index in [9.17, 15) is 19.1 Å². The lowest BCUT2D eigenvalue weighted by molar-refractivity contribution is -0.129. The highest BCUT2D eigenvalue weighted by Gasteiger charge is 2.45. The summed E-state index contributed by atoms with van der Waals surface area (Å²) in [6.07, 6.45) is 0.591. The predicted octanol–water partition coefficient (Wildman–Crippen LogP) is 3.88. The number of benzene rings is 2. The summed E-state index contributed by atoms with van der Waals surface area (Å²) in [4.78, 5) is 30.4. The van der Waals surface area contributed by atoms with Crippen LogP contribution in [0.15, 0.2) is 64.3 Å². The van der Waals surface area contributed by atoms with Crippen LogP contribution in [0, 0.1) is 5.82 Å². The number of ether oxygens (including phenoxy) is 2. The standard InChI is InChI=1S/C27H27FN2O6/c1-34-20-9-4-6-17-16-21(36-26(17)20)24(31)22-23(18-7-2-3-8-19(18)28)30(27(33)25(22)32)11-5-10-29-12-14-35-15-13-29/h2-4,6-9,16,23,32H,5,10-15H2,1H3/t23-/m0/s1. The number of morpholine rings is 1. The van der Waals surface area contributed by atoms with Crippen molar-refractivity contribution in [1.29, 1.82) is 0 Å². The zero-order valence-electron chi connectivity index (χ0n) is 19.9. The van der Waals surface area contributed by atoms with Crippen LogP contribution in [0.5, 0.6) is 5.75 Å². The van der Waals surface area contributed by atoms with Crippen LogP contribution in [-0.4, -0.2) is 73.1 Å². The van der Waals surface area contributed by atoms with Crippen LogP contribution in [0.4, 0.5) is 4.39 Å². The van der Waals surface area contributed by atoms with Crippen molar-refractivity contribution in [3.8, 4) is 5.75 Å². The van der Waals surface area contributed by atoms with Gasteiger partial charge in [0.05, 0.1) is 31.9 Å². The van der Waals surface area contributed by atoms with Crippen molar-refractivity contribution in [2.45, 2.75) is 12.5 Å². The number of Topliss-reactive ketones (excluding diaryl/α,β-unsaturated/α-hetero) is 1. The topological polar surface area (TPSA) is 92.5 Å². The summed E-state index contributed by atoms with van der Waals surface area (Å²) < 4.78 is 31.5. The summed E-state index contributed by atoms with van der Waals surface area (Å²) in [6, 6.07) is 11.7. The molecular weight excluding hydrogens is 467 g/mol. The molecule has 1 atom stereocenters. The summed E-state index contributed by atoms with van der Waals surface area (Å²) in [5.41, 5.74) is 0.311. The zero-order valence-corrected chi connectivity index (χ0v) is 19.9. The lowest BCUT2D eigenvalue weighted by Gasteiger charge is -2.30. The largest absolute Gasteiger partial charge is 0.503 e. The molecule has 0 spiro atoms. The Morgan fingerprint density at radius 3 is 2.67 bits per heavy atom. The van der Waals surface area contributed by atoms with E-state index in [0.717, 1.165) is 13.1 Å². The summed E-state index contributed by atoms with van der Waals surface area (Å²) in [5, 5.41) is 11.5. The molecule has 1 amide bonds. The molecule has 3 aromatic rings. The molecule has 2 aliphatic heterocycles. The number of hydrogen-bond donors (Lipinski definition) is 1. The fourth-order valence-electron chi connectivity index (χ4n) is 4.87. The van der Waals surface area contributed by atoms with E-state index in [1.165, 1.54) is 36.3 Å². The Balaban J connectivity index is 1.48. The number of carbonyl (C=O) groups is 2. The summed E-state index contributed by atoms with van der Waals surface area (Å²) in [5.74, 6) is -2.26. The SMILES string of the molecule is COc1cccc2cc(C(=O)C3=C(O)C(=O)N(CCCN4CCOCC4)[C@H]3c3ccccc3F)oc12. The van der Waals surface area contributed by atoms with Crippen molar-refractivity contribution in [2.24, 2.45) is 0 Å². The lowest BCUT2D eigenvalue weighted by Crippen LogP contribution is -2.39. The monoisotopic (exact) mass is 494 g/mol. The second-order valence-corrected chi connectivity index (χ2v) is 8.81. The number of halogens is 1. The quantitative estimate of drug-likeness (QED) is 0.475. The Bertz CT molecular complexity index is 1330. The third kappa shape index (κ3) is 4.36. The Labute approximate surface area is 207 Å². The van der Waals surface area contributed by atoms with Crippen LogP contribution in [0.2, 0.25) is 0 Å². The highest BCUT2D eigenvalue weighted by Crippen LogP contribution is 2.41. The highest BCUT2D eigenvalue weighted by atomic mass is 19.1. The molecule has 9 heteroatoms. The number of nitrogens with zero attached hydrogens (tertiary/aromatic N) is 2. The van der Waals surface area contributed by atoms with Crippen molar-refractivity contribution in [3.05, 3.63) is 77.0 Å². The summed E-state index contributed by atoms with van der Waals surface area (Å²) in [7, 11) is 1.49. The Morgan fingerprint density at radius 2 is 1.92 bits per heavy atom.